The number of fused-ring (bicyclic) bond motifs is 2. The Labute approximate surface area is 134 Å². The van der Waals surface area contributed by atoms with Gasteiger partial charge in [0, 0.05) is 17.8 Å². The topological polar surface area (TPSA) is 89.3 Å². The maximum absolute atomic E-state index is 10.5. The van der Waals surface area contributed by atoms with E-state index in [4.69, 9.17) is 18.9 Å². The summed E-state index contributed by atoms with van der Waals surface area (Å²) < 4.78 is 23.2. The summed E-state index contributed by atoms with van der Waals surface area (Å²) >= 11 is 0. The molecule has 0 saturated carbocycles. The lowest BCUT2D eigenvalue weighted by molar-refractivity contribution is -0.769. The van der Waals surface area contributed by atoms with Crippen molar-refractivity contribution in [3.63, 3.8) is 0 Å². The second-order valence-electron chi connectivity index (χ2n) is 7.13. The van der Waals surface area contributed by atoms with Crippen molar-refractivity contribution in [1.29, 1.82) is 0 Å². The van der Waals surface area contributed by atoms with Gasteiger partial charge in [0.1, 0.15) is 6.10 Å². The highest BCUT2D eigenvalue weighted by molar-refractivity contribution is 4.96. The van der Waals surface area contributed by atoms with Crippen LogP contribution in [0.4, 0.5) is 0 Å². The number of rotatable bonds is 5. The minimum Gasteiger partial charge on any atom is -0.375 e. The first-order chi connectivity index (χ1) is 11.1. The molecule has 0 radical (unpaired) electrons. The van der Waals surface area contributed by atoms with Gasteiger partial charge < -0.3 is 23.8 Å². The van der Waals surface area contributed by atoms with E-state index in [1.807, 2.05) is 0 Å². The molecule has 4 aliphatic heterocycles. The van der Waals surface area contributed by atoms with Crippen molar-refractivity contribution >= 4 is 0 Å². The molecular weight excluding hydrogens is 306 g/mol. The van der Waals surface area contributed by atoms with Crippen molar-refractivity contribution in [2.45, 2.75) is 50.3 Å². The minimum atomic E-state index is -0.762. The van der Waals surface area contributed by atoms with Crippen LogP contribution in [0.25, 0.3) is 0 Å². The van der Waals surface area contributed by atoms with Crippen LogP contribution in [0.15, 0.2) is 0 Å². The second kappa shape index (κ2) is 6.16. The normalized spacial score (nSPS) is 48.4. The Bertz CT molecular complexity index is 461. The van der Waals surface area contributed by atoms with Gasteiger partial charge >= 0.3 is 0 Å². The van der Waals surface area contributed by atoms with E-state index in [0.717, 1.165) is 26.1 Å². The van der Waals surface area contributed by atoms with Gasteiger partial charge in [0.25, 0.3) is 5.09 Å². The molecule has 0 aliphatic carbocycles. The van der Waals surface area contributed by atoms with Crippen molar-refractivity contribution in [1.82, 2.24) is 0 Å². The van der Waals surface area contributed by atoms with E-state index in [2.05, 4.69) is 11.8 Å². The monoisotopic (exact) mass is 329 g/mol. The van der Waals surface area contributed by atoms with E-state index in [9.17, 15) is 10.1 Å². The molecular formula is C15H23NO7. The molecule has 4 saturated heterocycles. The second-order valence-corrected chi connectivity index (χ2v) is 7.13. The lowest BCUT2D eigenvalue weighted by Gasteiger charge is -2.20. The molecule has 23 heavy (non-hydrogen) atoms. The fourth-order valence-corrected chi connectivity index (χ4v) is 4.44. The van der Waals surface area contributed by atoms with Crippen LogP contribution < -0.4 is 0 Å². The third-order valence-corrected chi connectivity index (χ3v) is 5.64. The average molecular weight is 329 g/mol. The van der Waals surface area contributed by atoms with Crippen LogP contribution in [0.5, 0.6) is 0 Å². The zero-order valence-corrected chi connectivity index (χ0v) is 13.2. The molecule has 8 nitrogen and oxygen atoms in total. The highest BCUT2D eigenvalue weighted by atomic mass is 17.0. The SMILES string of the molecule is C[C@@H]1CO[C@@H]2[C@@H](CCC3CO[C@H]4[C@@H]3OC[C@H]4O[N+](=O)[O-])CO[C@@H]21. The first kappa shape index (κ1) is 15.6. The van der Waals surface area contributed by atoms with E-state index in [0.29, 0.717) is 18.4 Å². The van der Waals surface area contributed by atoms with E-state index in [-0.39, 0.29) is 36.9 Å². The van der Waals surface area contributed by atoms with Crippen LogP contribution in [-0.2, 0) is 23.8 Å². The molecule has 0 bridgehead atoms. The summed E-state index contributed by atoms with van der Waals surface area (Å²) in [6.07, 6.45) is 1.42. The van der Waals surface area contributed by atoms with Gasteiger partial charge in [-0.1, -0.05) is 6.92 Å². The van der Waals surface area contributed by atoms with Crippen molar-refractivity contribution in [3.05, 3.63) is 10.1 Å². The van der Waals surface area contributed by atoms with E-state index in [1.54, 1.807) is 0 Å². The Hall–Kier alpha value is -0.960. The zero-order valence-electron chi connectivity index (χ0n) is 13.2. The molecule has 0 aromatic rings. The molecule has 0 aromatic carbocycles. The quantitative estimate of drug-likeness (QED) is 0.544. The van der Waals surface area contributed by atoms with E-state index < -0.39 is 11.2 Å². The summed E-state index contributed by atoms with van der Waals surface area (Å²) in [6, 6.07) is 0. The van der Waals surface area contributed by atoms with Gasteiger partial charge in [0.15, 0.2) is 6.10 Å². The van der Waals surface area contributed by atoms with Crippen LogP contribution in [-0.4, -0.2) is 62.0 Å². The van der Waals surface area contributed by atoms with E-state index in [1.165, 1.54) is 0 Å². The molecule has 4 fully saturated rings. The molecule has 0 aromatic heterocycles. The Kier molecular flexibility index (Phi) is 4.17. The number of hydrogen-bond acceptors (Lipinski definition) is 7. The number of nitrogens with zero attached hydrogens (tertiary/aromatic N) is 1. The van der Waals surface area contributed by atoms with Gasteiger partial charge in [-0.25, -0.2) is 0 Å². The van der Waals surface area contributed by atoms with Gasteiger partial charge in [-0.3, -0.25) is 0 Å². The molecule has 0 spiro atoms. The predicted molar refractivity (Wildman–Crippen MR) is 76.2 cm³/mol. The Morgan fingerprint density at radius 2 is 1.48 bits per heavy atom. The summed E-state index contributed by atoms with van der Waals surface area (Å²) in [5.74, 6) is 1.16. The molecule has 1 unspecified atom stereocenters. The van der Waals surface area contributed by atoms with E-state index >= 15 is 0 Å². The lowest BCUT2D eigenvalue weighted by atomic mass is 9.88. The first-order valence-corrected chi connectivity index (χ1v) is 8.41. The van der Waals surface area contributed by atoms with Crippen molar-refractivity contribution in [3.8, 4) is 0 Å². The Morgan fingerprint density at radius 3 is 2.17 bits per heavy atom. The van der Waals surface area contributed by atoms with Gasteiger partial charge in [-0.2, -0.15) is 0 Å². The summed E-state index contributed by atoms with van der Waals surface area (Å²) in [4.78, 5) is 15.2. The standard InChI is InChI=1S/C15H23NO7/c1-8-4-19-13-9(5-20-12(8)13)2-3-10-6-21-15-11(23-16(17)18)7-22-14(10)15/h8-15H,2-7H2,1H3/t8-,9+,10?,11-,12-,13-,14-,15-/m1/s1. The van der Waals surface area contributed by atoms with Crippen LogP contribution in [0.2, 0.25) is 0 Å². The van der Waals surface area contributed by atoms with Crippen molar-refractivity contribution in [2.24, 2.45) is 17.8 Å². The molecule has 4 rings (SSSR count). The summed E-state index contributed by atoms with van der Waals surface area (Å²) in [5.41, 5.74) is 0. The summed E-state index contributed by atoms with van der Waals surface area (Å²) in [6.45, 7) is 4.52. The smallest absolute Gasteiger partial charge is 0.294 e. The van der Waals surface area contributed by atoms with Crippen LogP contribution in [0.3, 0.4) is 0 Å². The maximum atomic E-state index is 10.5. The highest BCUT2D eigenvalue weighted by Crippen LogP contribution is 2.40. The van der Waals surface area contributed by atoms with Gasteiger partial charge in [0.2, 0.25) is 0 Å². The zero-order chi connectivity index (χ0) is 16.0. The number of ether oxygens (including phenoxy) is 4. The average Bonchev–Trinajstić information content (AvgIpc) is 3.22. The van der Waals surface area contributed by atoms with Crippen LogP contribution in [0, 0.1) is 27.9 Å². The molecule has 0 amide bonds. The molecule has 0 N–H and O–H groups in total. The lowest BCUT2D eigenvalue weighted by Crippen LogP contribution is -2.33. The largest absolute Gasteiger partial charge is 0.375 e. The highest BCUT2D eigenvalue weighted by Gasteiger charge is 2.50. The van der Waals surface area contributed by atoms with Gasteiger partial charge in [-0.05, 0) is 12.8 Å². The summed E-state index contributed by atoms with van der Waals surface area (Å²) in [5, 5.41) is 9.74. The summed E-state index contributed by atoms with van der Waals surface area (Å²) in [7, 11) is 0. The number of hydrogen-bond donors (Lipinski definition) is 0. The van der Waals surface area contributed by atoms with Crippen LogP contribution >= 0.6 is 0 Å². The molecule has 130 valence electrons. The Balaban J connectivity index is 1.29. The fraction of sp³-hybridized carbons (Fsp3) is 1.00. The van der Waals surface area contributed by atoms with Gasteiger partial charge in [-0.15, -0.1) is 10.1 Å². The molecule has 4 heterocycles. The van der Waals surface area contributed by atoms with Crippen molar-refractivity contribution in [2.75, 3.05) is 26.4 Å². The molecule has 4 aliphatic rings. The molecule has 8 atom stereocenters. The predicted octanol–water partition coefficient (Wildman–Crippen LogP) is 0.807. The first-order valence-electron chi connectivity index (χ1n) is 8.41. The fourth-order valence-electron chi connectivity index (χ4n) is 4.44. The van der Waals surface area contributed by atoms with Gasteiger partial charge in [0.05, 0.1) is 44.7 Å². The van der Waals surface area contributed by atoms with Crippen LogP contribution in [0.1, 0.15) is 19.8 Å². The minimum absolute atomic E-state index is 0.0958. The molecule has 8 heteroatoms. The Morgan fingerprint density at radius 1 is 0.913 bits per heavy atom. The van der Waals surface area contributed by atoms with Crippen molar-refractivity contribution < 1.29 is 28.9 Å². The third kappa shape index (κ3) is 2.82. The third-order valence-electron chi connectivity index (χ3n) is 5.64. The maximum Gasteiger partial charge on any atom is 0.294 e.